The van der Waals surface area contributed by atoms with Gasteiger partial charge in [0.25, 0.3) is 0 Å². The van der Waals surface area contributed by atoms with Gasteiger partial charge in [-0.1, -0.05) is 36.4 Å². The third-order valence-electron chi connectivity index (χ3n) is 4.27. The average molecular weight is 337 g/mol. The normalized spacial score (nSPS) is 12.1. The molecule has 0 saturated carbocycles. The molecule has 1 amide bonds. The molecule has 0 unspecified atom stereocenters. The van der Waals surface area contributed by atoms with Crippen LogP contribution in [0.4, 0.5) is 0 Å². The van der Waals surface area contributed by atoms with E-state index in [1.807, 2.05) is 69.3 Å². The second kappa shape index (κ2) is 7.38. The van der Waals surface area contributed by atoms with E-state index in [1.54, 1.807) is 4.68 Å². The van der Waals surface area contributed by atoms with E-state index in [1.165, 1.54) is 0 Å². The Balaban J connectivity index is 1.75. The van der Waals surface area contributed by atoms with Crippen molar-refractivity contribution in [3.63, 3.8) is 0 Å². The third-order valence-corrected chi connectivity index (χ3v) is 4.27. The quantitative estimate of drug-likeness (QED) is 0.747. The fraction of sp³-hybridized carbons (Fsp3) is 0.300. The maximum Gasteiger partial charge on any atom is 0.244 e. The van der Waals surface area contributed by atoms with E-state index in [-0.39, 0.29) is 5.91 Å². The van der Waals surface area contributed by atoms with E-state index < -0.39 is 6.04 Å². The maximum absolute atomic E-state index is 12.6. The number of aryl methyl sites for hydroxylation is 1. The summed E-state index contributed by atoms with van der Waals surface area (Å²) < 4.78 is 7.39. The van der Waals surface area contributed by atoms with Crippen molar-refractivity contribution in [3.8, 4) is 5.75 Å². The lowest BCUT2D eigenvalue weighted by Gasteiger charge is -2.15. The minimum Gasteiger partial charge on any atom is -0.494 e. The van der Waals surface area contributed by atoms with Crippen LogP contribution in [0.3, 0.4) is 0 Å². The minimum absolute atomic E-state index is 0.0699. The second-order valence-electron chi connectivity index (χ2n) is 5.98. The molecule has 0 saturated heterocycles. The van der Waals surface area contributed by atoms with Crippen LogP contribution in [-0.2, 0) is 11.3 Å². The van der Waals surface area contributed by atoms with Gasteiger partial charge >= 0.3 is 0 Å². The van der Waals surface area contributed by atoms with Gasteiger partial charge in [0.15, 0.2) is 0 Å². The van der Waals surface area contributed by atoms with Crippen molar-refractivity contribution >= 4 is 16.8 Å². The standard InChI is InChI=1S/C20H23N3O2/c1-4-25-19-12-8-5-9-16(19)13-21-20(24)15(3)23-18-11-7-6-10-17(18)14(2)22-23/h5-12,15H,4,13H2,1-3H3,(H,21,24)/t15-/m1/s1. The van der Waals surface area contributed by atoms with Crippen LogP contribution in [0.15, 0.2) is 48.5 Å². The topological polar surface area (TPSA) is 56.1 Å². The third kappa shape index (κ3) is 3.50. The van der Waals surface area contributed by atoms with Gasteiger partial charge in [-0.05, 0) is 32.9 Å². The summed E-state index contributed by atoms with van der Waals surface area (Å²) in [7, 11) is 0. The molecule has 3 aromatic rings. The molecular formula is C20H23N3O2. The van der Waals surface area contributed by atoms with Crippen molar-refractivity contribution in [1.82, 2.24) is 15.1 Å². The first kappa shape index (κ1) is 17.0. The number of rotatable bonds is 6. The van der Waals surface area contributed by atoms with E-state index >= 15 is 0 Å². The molecule has 3 rings (SSSR count). The van der Waals surface area contributed by atoms with Gasteiger partial charge in [-0.2, -0.15) is 5.10 Å². The van der Waals surface area contributed by atoms with Crippen molar-refractivity contribution < 1.29 is 9.53 Å². The van der Waals surface area contributed by atoms with Gasteiger partial charge in [0.2, 0.25) is 5.91 Å². The summed E-state index contributed by atoms with van der Waals surface area (Å²) in [4.78, 5) is 12.6. The molecule has 2 aromatic carbocycles. The largest absolute Gasteiger partial charge is 0.494 e. The van der Waals surface area contributed by atoms with Crippen LogP contribution < -0.4 is 10.1 Å². The van der Waals surface area contributed by atoms with Gasteiger partial charge in [0, 0.05) is 17.5 Å². The van der Waals surface area contributed by atoms with Crippen LogP contribution in [0.5, 0.6) is 5.75 Å². The first-order valence-electron chi connectivity index (χ1n) is 8.54. The van der Waals surface area contributed by atoms with Crippen LogP contribution >= 0.6 is 0 Å². The Morgan fingerprint density at radius 3 is 2.72 bits per heavy atom. The van der Waals surface area contributed by atoms with Gasteiger partial charge in [-0.15, -0.1) is 0 Å². The predicted octanol–water partition coefficient (Wildman–Crippen LogP) is 3.62. The van der Waals surface area contributed by atoms with E-state index in [4.69, 9.17) is 4.74 Å². The first-order valence-corrected chi connectivity index (χ1v) is 8.54. The zero-order valence-electron chi connectivity index (χ0n) is 14.8. The SMILES string of the molecule is CCOc1ccccc1CNC(=O)[C@@H](C)n1nc(C)c2ccccc21. The van der Waals surface area contributed by atoms with Crippen LogP contribution in [0.2, 0.25) is 0 Å². The Labute approximate surface area is 147 Å². The van der Waals surface area contributed by atoms with Gasteiger partial charge in [0.1, 0.15) is 11.8 Å². The summed E-state index contributed by atoms with van der Waals surface area (Å²) >= 11 is 0. The van der Waals surface area contributed by atoms with Crippen LogP contribution in [0, 0.1) is 6.92 Å². The smallest absolute Gasteiger partial charge is 0.244 e. The van der Waals surface area contributed by atoms with E-state index in [9.17, 15) is 4.79 Å². The highest BCUT2D eigenvalue weighted by atomic mass is 16.5. The number of hydrogen-bond acceptors (Lipinski definition) is 3. The lowest BCUT2D eigenvalue weighted by atomic mass is 10.2. The molecule has 0 radical (unpaired) electrons. The molecule has 0 spiro atoms. The first-order chi connectivity index (χ1) is 12.1. The number of fused-ring (bicyclic) bond motifs is 1. The van der Waals surface area contributed by atoms with Gasteiger partial charge < -0.3 is 10.1 Å². The number of benzene rings is 2. The van der Waals surface area contributed by atoms with E-state index in [0.29, 0.717) is 13.2 Å². The van der Waals surface area contributed by atoms with Crippen LogP contribution in [-0.4, -0.2) is 22.3 Å². The number of para-hydroxylation sites is 2. The zero-order valence-corrected chi connectivity index (χ0v) is 14.8. The van der Waals surface area contributed by atoms with Gasteiger partial charge in [-0.3, -0.25) is 9.48 Å². The Morgan fingerprint density at radius 1 is 1.20 bits per heavy atom. The highest BCUT2D eigenvalue weighted by molar-refractivity contribution is 5.86. The summed E-state index contributed by atoms with van der Waals surface area (Å²) in [5.41, 5.74) is 2.86. The maximum atomic E-state index is 12.6. The Bertz CT molecular complexity index is 886. The van der Waals surface area contributed by atoms with Crippen molar-refractivity contribution in [2.45, 2.75) is 33.4 Å². The van der Waals surface area contributed by atoms with Crippen molar-refractivity contribution in [2.24, 2.45) is 0 Å². The predicted molar refractivity (Wildman–Crippen MR) is 98.6 cm³/mol. The lowest BCUT2D eigenvalue weighted by Crippen LogP contribution is -2.31. The van der Waals surface area contributed by atoms with Crippen LogP contribution in [0.25, 0.3) is 10.9 Å². The minimum atomic E-state index is -0.391. The van der Waals surface area contributed by atoms with E-state index in [0.717, 1.165) is 27.9 Å². The summed E-state index contributed by atoms with van der Waals surface area (Å²) in [5, 5.41) is 8.61. The number of hydrogen-bond donors (Lipinski definition) is 1. The molecule has 5 heteroatoms. The number of aromatic nitrogens is 2. The molecule has 0 bridgehead atoms. The number of amides is 1. The number of nitrogens with one attached hydrogen (secondary N) is 1. The molecule has 1 aromatic heterocycles. The second-order valence-corrected chi connectivity index (χ2v) is 5.98. The Kier molecular flexibility index (Phi) is 5.03. The average Bonchev–Trinajstić information content (AvgIpc) is 2.97. The molecule has 0 aliphatic heterocycles. The van der Waals surface area contributed by atoms with E-state index in [2.05, 4.69) is 10.4 Å². The van der Waals surface area contributed by atoms with Crippen LogP contribution in [0.1, 0.15) is 31.1 Å². The summed E-state index contributed by atoms with van der Waals surface area (Å²) in [6, 6.07) is 15.3. The monoisotopic (exact) mass is 337 g/mol. The number of carbonyl (C=O) groups is 1. The van der Waals surface area contributed by atoms with Gasteiger partial charge in [0.05, 0.1) is 17.8 Å². The molecule has 0 aliphatic carbocycles. The number of ether oxygens (including phenoxy) is 1. The molecule has 5 nitrogen and oxygen atoms in total. The number of nitrogens with zero attached hydrogens (tertiary/aromatic N) is 2. The van der Waals surface area contributed by atoms with Crippen molar-refractivity contribution in [2.75, 3.05) is 6.61 Å². The molecule has 0 aliphatic rings. The Hall–Kier alpha value is -2.82. The lowest BCUT2D eigenvalue weighted by molar-refractivity contribution is -0.124. The molecule has 1 N–H and O–H groups in total. The molecular weight excluding hydrogens is 314 g/mol. The summed E-state index contributed by atoms with van der Waals surface area (Å²) in [5.74, 6) is 0.734. The molecule has 1 atom stereocenters. The molecule has 25 heavy (non-hydrogen) atoms. The number of carbonyl (C=O) groups excluding carboxylic acids is 1. The molecule has 130 valence electrons. The zero-order chi connectivity index (χ0) is 17.8. The Morgan fingerprint density at radius 2 is 1.92 bits per heavy atom. The van der Waals surface area contributed by atoms with Crippen molar-refractivity contribution in [1.29, 1.82) is 0 Å². The highest BCUT2D eigenvalue weighted by Crippen LogP contribution is 2.22. The fourth-order valence-electron chi connectivity index (χ4n) is 2.93. The highest BCUT2D eigenvalue weighted by Gasteiger charge is 2.19. The fourth-order valence-corrected chi connectivity index (χ4v) is 2.93. The van der Waals surface area contributed by atoms with Crippen molar-refractivity contribution in [3.05, 3.63) is 59.8 Å². The summed E-state index contributed by atoms with van der Waals surface area (Å²) in [6.07, 6.45) is 0. The molecule has 1 heterocycles. The molecule has 0 fully saturated rings. The van der Waals surface area contributed by atoms with Gasteiger partial charge in [-0.25, -0.2) is 0 Å². The summed E-state index contributed by atoms with van der Waals surface area (Å²) in [6.45, 7) is 6.80.